The van der Waals surface area contributed by atoms with Gasteiger partial charge in [0.1, 0.15) is 0 Å². The summed E-state index contributed by atoms with van der Waals surface area (Å²) in [6, 6.07) is 7.70. The molecule has 0 saturated heterocycles. The summed E-state index contributed by atoms with van der Waals surface area (Å²) in [5, 5.41) is 6.18. The maximum absolute atomic E-state index is 11.7. The number of nitrogens with one attached hydrogen (secondary N) is 2. The summed E-state index contributed by atoms with van der Waals surface area (Å²) in [7, 11) is 1.69. The Morgan fingerprint density at radius 2 is 2.05 bits per heavy atom. The van der Waals surface area contributed by atoms with Crippen LogP contribution in [-0.2, 0) is 4.74 Å². The van der Waals surface area contributed by atoms with Crippen LogP contribution in [0.2, 0.25) is 0 Å². The minimum absolute atomic E-state index is 0.0457. The van der Waals surface area contributed by atoms with E-state index in [9.17, 15) is 4.79 Å². The van der Waals surface area contributed by atoms with Gasteiger partial charge in [0, 0.05) is 30.9 Å². The first kappa shape index (κ1) is 16.5. The highest BCUT2D eigenvalue weighted by molar-refractivity contribution is 5.94. The third kappa shape index (κ3) is 5.59. The predicted octanol–water partition coefficient (Wildman–Crippen LogP) is 1.60. The molecular formula is C15H25N3O2. The third-order valence-electron chi connectivity index (χ3n) is 2.98. The Hall–Kier alpha value is -1.59. The van der Waals surface area contributed by atoms with E-state index in [0.717, 1.165) is 18.5 Å². The van der Waals surface area contributed by atoms with Crippen LogP contribution in [0.4, 0.5) is 5.69 Å². The quantitative estimate of drug-likeness (QED) is 0.642. The number of hydrogen-bond acceptors (Lipinski definition) is 4. The largest absolute Gasteiger partial charge is 0.383 e. The predicted molar refractivity (Wildman–Crippen MR) is 82.0 cm³/mol. The lowest BCUT2D eigenvalue weighted by Gasteiger charge is -2.19. The van der Waals surface area contributed by atoms with Crippen LogP contribution in [0, 0.1) is 0 Å². The Balaban J connectivity index is 2.59. The second-order valence-corrected chi connectivity index (χ2v) is 4.66. The van der Waals surface area contributed by atoms with Crippen molar-refractivity contribution in [2.75, 3.05) is 32.1 Å². The minimum Gasteiger partial charge on any atom is -0.383 e. The molecule has 1 atom stereocenters. The van der Waals surface area contributed by atoms with Crippen molar-refractivity contribution < 1.29 is 9.53 Å². The monoisotopic (exact) mass is 279 g/mol. The lowest BCUT2D eigenvalue weighted by Crippen LogP contribution is -2.26. The van der Waals surface area contributed by atoms with Gasteiger partial charge in [0.05, 0.1) is 6.61 Å². The maximum atomic E-state index is 11.7. The standard InChI is InChI=1S/C15H25N3O2/c1-3-17-15(19)12-6-8-13(9-7-12)18-14(11-20-2)5-4-10-16/h6-9,14,18H,3-5,10-11,16H2,1-2H3,(H,17,19). The zero-order chi connectivity index (χ0) is 14.8. The maximum Gasteiger partial charge on any atom is 0.251 e. The summed E-state index contributed by atoms with van der Waals surface area (Å²) in [6.45, 7) is 3.85. The first-order chi connectivity index (χ1) is 9.71. The molecule has 0 aromatic heterocycles. The molecule has 0 heterocycles. The number of amides is 1. The molecule has 1 aromatic carbocycles. The Morgan fingerprint density at radius 3 is 2.60 bits per heavy atom. The number of carbonyl (C=O) groups excluding carboxylic acids is 1. The van der Waals surface area contributed by atoms with E-state index in [0.29, 0.717) is 25.3 Å². The number of hydrogen-bond donors (Lipinski definition) is 3. The smallest absolute Gasteiger partial charge is 0.251 e. The molecular weight excluding hydrogens is 254 g/mol. The molecule has 5 heteroatoms. The van der Waals surface area contributed by atoms with Crippen molar-refractivity contribution in [1.82, 2.24) is 5.32 Å². The van der Waals surface area contributed by atoms with Crippen molar-refractivity contribution in [3.05, 3.63) is 29.8 Å². The lowest BCUT2D eigenvalue weighted by atomic mass is 10.1. The van der Waals surface area contributed by atoms with E-state index in [2.05, 4.69) is 10.6 Å². The van der Waals surface area contributed by atoms with Crippen LogP contribution in [0.5, 0.6) is 0 Å². The highest BCUT2D eigenvalue weighted by Gasteiger charge is 2.09. The molecule has 0 saturated carbocycles. The number of carbonyl (C=O) groups is 1. The van der Waals surface area contributed by atoms with Crippen LogP contribution < -0.4 is 16.4 Å². The number of benzene rings is 1. The van der Waals surface area contributed by atoms with Gasteiger partial charge in [-0.25, -0.2) is 0 Å². The van der Waals surface area contributed by atoms with Gasteiger partial charge >= 0.3 is 0 Å². The van der Waals surface area contributed by atoms with Gasteiger partial charge in [-0.05, 0) is 50.6 Å². The second kappa shape index (κ2) is 9.34. The van der Waals surface area contributed by atoms with Crippen molar-refractivity contribution in [1.29, 1.82) is 0 Å². The highest BCUT2D eigenvalue weighted by atomic mass is 16.5. The number of nitrogens with two attached hydrogens (primary N) is 1. The molecule has 0 aliphatic heterocycles. The number of ether oxygens (including phenoxy) is 1. The molecule has 0 fully saturated rings. The lowest BCUT2D eigenvalue weighted by molar-refractivity contribution is 0.0956. The zero-order valence-corrected chi connectivity index (χ0v) is 12.3. The van der Waals surface area contributed by atoms with E-state index in [-0.39, 0.29) is 11.9 Å². The summed E-state index contributed by atoms with van der Waals surface area (Å²) < 4.78 is 5.20. The molecule has 1 amide bonds. The number of methoxy groups -OCH3 is 1. The molecule has 0 spiro atoms. The first-order valence-electron chi connectivity index (χ1n) is 7.05. The van der Waals surface area contributed by atoms with E-state index in [1.807, 2.05) is 31.2 Å². The van der Waals surface area contributed by atoms with Gasteiger partial charge in [-0.3, -0.25) is 4.79 Å². The summed E-state index contributed by atoms with van der Waals surface area (Å²) in [5.74, 6) is -0.0457. The molecule has 0 bridgehead atoms. The van der Waals surface area contributed by atoms with Gasteiger partial charge in [0.25, 0.3) is 5.91 Å². The number of anilines is 1. The van der Waals surface area contributed by atoms with Gasteiger partial charge in [-0.2, -0.15) is 0 Å². The molecule has 1 unspecified atom stereocenters. The van der Waals surface area contributed by atoms with Crippen LogP contribution in [-0.4, -0.2) is 38.8 Å². The normalized spacial score (nSPS) is 11.9. The Labute approximate surface area is 120 Å². The molecule has 20 heavy (non-hydrogen) atoms. The zero-order valence-electron chi connectivity index (χ0n) is 12.3. The van der Waals surface area contributed by atoms with E-state index in [4.69, 9.17) is 10.5 Å². The van der Waals surface area contributed by atoms with Crippen LogP contribution in [0.25, 0.3) is 0 Å². The summed E-state index contributed by atoms with van der Waals surface area (Å²) in [4.78, 5) is 11.7. The van der Waals surface area contributed by atoms with Gasteiger partial charge in [-0.15, -0.1) is 0 Å². The van der Waals surface area contributed by atoms with Gasteiger partial charge in [-0.1, -0.05) is 0 Å². The average Bonchev–Trinajstić information content (AvgIpc) is 2.46. The molecule has 0 radical (unpaired) electrons. The molecule has 0 aliphatic carbocycles. The van der Waals surface area contributed by atoms with E-state index in [1.54, 1.807) is 7.11 Å². The van der Waals surface area contributed by atoms with E-state index >= 15 is 0 Å². The van der Waals surface area contributed by atoms with Crippen LogP contribution in [0.3, 0.4) is 0 Å². The molecule has 1 rings (SSSR count). The fourth-order valence-electron chi connectivity index (χ4n) is 1.98. The van der Waals surface area contributed by atoms with Gasteiger partial charge in [0.2, 0.25) is 0 Å². The first-order valence-corrected chi connectivity index (χ1v) is 7.05. The van der Waals surface area contributed by atoms with Crippen molar-refractivity contribution in [2.24, 2.45) is 5.73 Å². The Kier molecular flexibility index (Phi) is 7.69. The van der Waals surface area contributed by atoms with Gasteiger partial charge in [0.15, 0.2) is 0 Å². The average molecular weight is 279 g/mol. The minimum atomic E-state index is -0.0457. The summed E-state index contributed by atoms with van der Waals surface area (Å²) in [5.41, 5.74) is 7.19. The Bertz CT molecular complexity index is 393. The summed E-state index contributed by atoms with van der Waals surface area (Å²) >= 11 is 0. The molecule has 4 N–H and O–H groups in total. The van der Waals surface area contributed by atoms with Crippen molar-refractivity contribution in [3.63, 3.8) is 0 Å². The fraction of sp³-hybridized carbons (Fsp3) is 0.533. The van der Waals surface area contributed by atoms with Crippen LogP contribution in [0.1, 0.15) is 30.1 Å². The van der Waals surface area contributed by atoms with E-state index in [1.165, 1.54) is 0 Å². The molecule has 112 valence electrons. The highest BCUT2D eigenvalue weighted by Crippen LogP contribution is 2.13. The van der Waals surface area contributed by atoms with Crippen LogP contribution in [0.15, 0.2) is 24.3 Å². The SMILES string of the molecule is CCNC(=O)c1ccc(NC(CCCN)COC)cc1. The fourth-order valence-corrected chi connectivity index (χ4v) is 1.98. The topological polar surface area (TPSA) is 76.4 Å². The van der Waals surface area contributed by atoms with Gasteiger partial charge < -0.3 is 21.1 Å². The Morgan fingerprint density at radius 1 is 1.35 bits per heavy atom. The van der Waals surface area contributed by atoms with Crippen molar-refractivity contribution in [2.45, 2.75) is 25.8 Å². The van der Waals surface area contributed by atoms with E-state index < -0.39 is 0 Å². The van der Waals surface area contributed by atoms with Crippen LogP contribution >= 0.6 is 0 Å². The molecule has 0 aliphatic rings. The number of rotatable bonds is 9. The third-order valence-corrected chi connectivity index (χ3v) is 2.98. The summed E-state index contributed by atoms with van der Waals surface area (Å²) in [6.07, 6.45) is 1.92. The van der Waals surface area contributed by atoms with Crippen molar-refractivity contribution >= 4 is 11.6 Å². The van der Waals surface area contributed by atoms with Crippen molar-refractivity contribution in [3.8, 4) is 0 Å². The molecule has 1 aromatic rings. The second-order valence-electron chi connectivity index (χ2n) is 4.66. The molecule has 5 nitrogen and oxygen atoms in total.